The molecule has 0 saturated carbocycles. The molecular weight excluding hydrogens is 316 g/mol. The second-order valence-electron chi connectivity index (χ2n) is 5.48. The Hall–Kier alpha value is -0.420. The molecular formula is C16H25BrN2O. The molecule has 0 aromatic heterocycles. The Morgan fingerprint density at radius 3 is 2.70 bits per heavy atom. The molecule has 2 rings (SSSR count). The van der Waals surface area contributed by atoms with Crippen molar-refractivity contribution in [2.75, 3.05) is 33.9 Å². The van der Waals surface area contributed by atoms with Gasteiger partial charge >= 0.3 is 0 Å². The summed E-state index contributed by atoms with van der Waals surface area (Å²) in [5.74, 6) is 0. The van der Waals surface area contributed by atoms with Crippen LogP contribution in [0.1, 0.15) is 30.9 Å². The third kappa shape index (κ3) is 4.29. The lowest BCUT2D eigenvalue weighted by atomic mass is 10.0. The van der Waals surface area contributed by atoms with Crippen molar-refractivity contribution in [3.63, 3.8) is 0 Å². The topological polar surface area (TPSA) is 24.5 Å². The van der Waals surface area contributed by atoms with E-state index in [2.05, 4.69) is 57.5 Å². The van der Waals surface area contributed by atoms with Crippen LogP contribution in [0.25, 0.3) is 0 Å². The normalized spacial score (nSPS) is 18.4. The molecule has 0 bridgehead atoms. The largest absolute Gasteiger partial charge is 0.381 e. The number of hydrogen-bond donors (Lipinski definition) is 1. The van der Waals surface area contributed by atoms with Gasteiger partial charge in [0.15, 0.2) is 0 Å². The second kappa shape index (κ2) is 8.13. The van der Waals surface area contributed by atoms with Crippen LogP contribution in [0.5, 0.6) is 0 Å². The van der Waals surface area contributed by atoms with Crippen molar-refractivity contribution in [1.82, 2.24) is 10.2 Å². The van der Waals surface area contributed by atoms with E-state index in [1.54, 1.807) is 0 Å². The first-order valence-corrected chi connectivity index (χ1v) is 8.21. The van der Waals surface area contributed by atoms with E-state index in [0.717, 1.165) is 39.0 Å². The molecule has 20 heavy (non-hydrogen) atoms. The molecule has 1 aromatic carbocycles. The minimum absolute atomic E-state index is 0.396. The van der Waals surface area contributed by atoms with Crippen molar-refractivity contribution < 1.29 is 4.74 Å². The van der Waals surface area contributed by atoms with Gasteiger partial charge in [0.1, 0.15) is 0 Å². The standard InChI is InChI=1S/C16H25BrN2O/c1-18-16(14-5-3-4-6-15(14)17)7-10-19(2)13-8-11-20-12-9-13/h3-6,13,16,18H,7-12H2,1-2H3. The Kier molecular flexibility index (Phi) is 6.49. The first-order chi connectivity index (χ1) is 9.72. The fraction of sp³-hybridized carbons (Fsp3) is 0.625. The number of hydrogen-bond acceptors (Lipinski definition) is 3. The summed E-state index contributed by atoms with van der Waals surface area (Å²) in [4.78, 5) is 2.49. The molecule has 1 fully saturated rings. The Morgan fingerprint density at radius 2 is 2.05 bits per heavy atom. The predicted molar refractivity (Wildman–Crippen MR) is 87.0 cm³/mol. The van der Waals surface area contributed by atoms with E-state index < -0.39 is 0 Å². The Morgan fingerprint density at radius 1 is 1.35 bits per heavy atom. The average molecular weight is 341 g/mol. The van der Waals surface area contributed by atoms with Crippen LogP contribution in [-0.2, 0) is 4.74 Å². The van der Waals surface area contributed by atoms with E-state index in [-0.39, 0.29) is 0 Å². The van der Waals surface area contributed by atoms with Crippen LogP contribution in [-0.4, -0.2) is 44.8 Å². The van der Waals surface area contributed by atoms with E-state index in [9.17, 15) is 0 Å². The predicted octanol–water partition coefficient (Wildman–Crippen LogP) is 3.21. The Balaban J connectivity index is 1.89. The molecule has 1 atom stereocenters. The maximum absolute atomic E-state index is 5.44. The molecule has 3 nitrogen and oxygen atoms in total. The summed E-state index contributed by atoms with van der Waals surface area (Å²) in [6.45, 7) is 2.93. The van der Waals surface area contributed by atoms with E-state index >= 15 is 0 Å². The molecule has 0 spiro atoms. The van der Waals surface area contributed by atoms with Gasteiger partial charge in [-0.25, -0.2) is 0 Å². The molecule has 112 valence electrons. The van der Waals surface area contributed by atoms with Gasteiger partial charge in [-0.3, -0.25) is 0 Å². The van der Waals surface area contributed by atoms with E-state index in [0.29, 0.717) is 12.1 Å². The van der Waals surface area contributed by atoms with Crippen molar-refractivity contribution in [2.45, 2.75) is 31.3 Å². The van der Waals surface area contributed by atoms with E-state index in [1.807, 2.05) is 7.05 Å². The highest BCUT2D eigenvalue weighted by atomic mass is 79.9. The van der Waals surface area contributed by atoms with Crippen LogP contribution in [0.3, 0.4) is 0 Å². The summed E-state index contributed by atoms with van der Waals surface area (Å²) in [5.41, 5.74) is 1.34. The Labute approximate surface area is 130 Å². The minimum Gasteiger partial charge on any atom is -0.381 e. The van der Waals surface area contributed by atoms with Gasteiger partial charge in [0, 0.05) is 29.8 Å². The smallest absolute Gasteiger partial charge is 0.0480 e. The second-order valence-corrected chi connectivity index (χ2v) is 6.33. The molecule has 1 aliphatic heterocycles. The zero-order valence-electron chi connectivity index (χ0n) is 12.4. The molecule has 1 heterocycles. The number of rotatable bonds is 6. The highest BCUT2D eigenvalue weighted by molar-refractivity contribution is 9.10. The van der Waals surface area contributed by atoms with Crippen LogP contribution < -0.4 is 5.32 Å². The molecule has 1 N–H and O–H groups in total. The molecule has 0 radical (unpaired) electrons. The molecule has 1 unspecified atom stereocenters. The number of halogens is 1. The molecule has 4 heteroatoms. The van der Waals surface area contributed by atoms with Crippen LogP contribution in [0.2, 0.25) is 0 Å². The van der Waals surface area contributed by atoms with Crippen molar-refractivity contribution in [1.29, 1.82) is 0 Å². The fourth-order valence-corrected chi connectivity index (χ4v) is 3.42. The van der Waals surface area contributed by atoms with Gasteiger partial charge in [0.2, 0.25) is 0 Å². The van der Waals surface area contributed by atoms with E-state index in [4.69, 9.17) is 4.74 Å². The number of nitrogens with one attached hydrogen (secondary N) is 1. The molecule has 0 aliphatic carbocycles. The van der Waals surface area contributed by atoms with Gasteiger partial charge in [-0.1, -0.05) is 34.1 Å². The third-order valence-corrected chi connectivity index (χ3v) is 4.94. The summed E-state index contributed by atoms with van der Waals surface area (Å²) in [7, 11) is 4.28. The van der Waals surface area contributed by atoms with Crippen LogP contribution >= 0.6 is 15.9 Å². The Bertz CT molecular complexity index is 407. The summed E-state index contributed by atoms with van der Waals surface area (Å²) >= 11 is 3.65. The zero-order chi connectivity index (χ0) is 14.4. The number of ether oxygens (including phenoxy) is 1. The minimum atomic E-state index is 0.396. The van der Waals surface area contributed by atoms with Crippen molar-refractivity contribution in [3.8, 4) is 0 Å². The molecule has 1 aromatic rings. The highest BCUT2D eigenvalue weighted by Gasteiger charge is 2.20. The van der Waals surface area contributed by atoms with Gasteiger partial charge in [0.05, 0.1) is 0 Å². The SMILES string of the molecule is CNC(CCN(C)C1CCOCC1)c1ccccc1Br. The molecule has 1 aliphatic rings. The maximum atomic E-state index is 5.44. The van der Waals surface area contributed by atoms with Crippen molar-refractivity contribution in [3.05, 3.63) is 34.3 Å². The van der Waals surface area contributed by atoms with Gasteiger partial charge in [-0.05, 0) is 51.5 Å². The van der Waals surface area contributed by atoms with Gasteiger partial charge in [0.25, 0.3) is 0 Å². The van der Waals surface area contributed by atoms with Crippen LogP contribution in [0.4, 0.5) is 0 Å². The number of nitrogens with zero attached hydrogens (tertiary/aromatic N) is 1. The van der Waals surface area contributed by atoms with Crippen molar-refractivity contribution >= 4 is 15.9 Å². The maximum Gasteiger partial charge on any atom is 0.0480 e. The van der Waals surface area contributed by atoms with Gasteiger partial charge in [-0.15, -0.1) is 0 Å². The molecule has 1 saturated heterocycles. The lowest BCUT2D eigenvalue weighted by Crippen LogP contribution is -2.38. The third-order valence-electron chi connectivity index (χ3n) is 4.21. The lowest BCUT2D eigenvalue weighted by Gasteiger charge is -2.32. The average Bonchev–Trinajstić information content (AvgIpc) is 2.50. The fourth-order valence-electron chi connectivity index (χ4n) is 2.85. The lowest BCUT2D eigenvalue weighted by molar-refractivity contribution is 0.0420. The quantitative estimate of drug-likeness (QED) is 0.860. The van der Waals surface area contributed by atoms with Crippen LogP contribution in [0, 0.1) is 0 Å². The summed E-state index contributed by atoms with van der Waals surface area (Å²) in [6, 6.07) is 9.55. The molecule has 0 amide bonds. The number of benzene rings is 1. The summed E-state index contributed by atoms with van der Waals surface area (Å²) in [5, 5.41) is 3.44. The summed E-state index contributed by atoms with van der Waals surface area (Å²) < 4.78 is 6.62. The summed E-state index contributed by atoms with van der Waals surface area (Å²) in [6.07, 6.45) is 3.44. The van der Waals surface area contributed by atoms with Gasteiger partial charge in [-0.2, -0.15) is 0 Å². The first kappa shape index (κ1) is 16.0. The van der Waals surface area contributed by atoms with Gasteiger partial charge < -0.3 is 15.0 Å². The zero-order valence-corrected chi connectivity index (χ0v) is 14.0. The first-order valence-electron chi connectivity index (χ1n) is 7.42. The van der Waals surface area contributed by atoms with Crippen molar-refractivity contribution in [2.24, 2.45) is 0 Å². The monoisotopic (exact) mass is 340 g/mol. The highest BCUT2D eigenvalue weighted by Crippen LogP contribution is 2.25. The van der Waals surface area contributed by atoms with Crippen LogP contribution in [0.15, 0.2) is 28.7 Å². The van der Waals surface area contributed by atoms with E-state index in [1.165, 1.54) is 10.0 Å².